The number of nitrogens with zero attached hydrogens (tertiary/aromatic N) is 3. The van der Waals surface area contributed by atoms with Gasteiger partial charge in [-0.1, -0.05) is 18.2 Å². The molecule has 10 heteroatoms. The number of carbonyl (C=O) groups excluding carboxylic acids is 1. The summed E-state index contributed by atoms with van der Waals surface area (Å²) in [6.45, 7) is -0.149. The maximum atomic E-state index is 11.9. The standard InChI is InChI=1S/C17H17N5O4S/c1-22-14-5-3-2-4-13(14)16(17(22)24)21-20-15(23)10-19-11-6-8-12(9-7-11)27(18,25)26/h2-9,19,24H,10H2,1H3,(H2,18,25,26). The summed E-state index contributed by atoms with van der Waals surface area (Å²) in [5.41, 5.74) is 1.52. The molecule has 0 spiro atoms. The number of amides is 1. The molecule has 0 aliphatic carbocycles. The highest BCUT2D eigenvalue weighted by molar-refractivity contribution is 7.89. The Morgan fingerprint density at radius 2 is 1.85 bits per heavy atom. The fraction of sp³-hybridized carbons (Fsp3) is 0.118. The van der Waals surface area contributed by atoms with Crippen molar-refractivity contribution in [3.63, 3.8) is 0 Å². The minimum Gasteiger partial charge on any atom is -0.493 e. The lowest BCUT2D eigenvalue weighted by atomic mass is 10.2. The Morgan fingerprint density at radius 3 is 2.52 bits per heavy atom. The third-order valence-corrected chi connectivity index (χ3v) is 4.87. The average molecular weight is 387 g/mol. The number of fused-ring (bicyclic) bond motifs is 1. The normalized spacial score (nSPS) is 11.9. The predicted octanol–water partition coefficient (Wildman–Crippen LogP) is 2.25. The molecule has 0 radical (unpaired) electrons. The second-order valence-electron chi connectivity index (χ2n) is 5.77. The van der Waals surface area contributed by atoms with Crippen LogP contribution in [0.15, 0.2) is 63.7 Å². The number of hydrogen-bond donors (Lipinski definition) is 3. The van der Waals surface area contributed by atoms with E-state index in [-0.39, 0.29) is 23.0 Å². The molecule has 2 aromatic carbocycles. The molecule has 27 heavy (non-hydrogen) atoms. The maximum absolute atomic E-state index is 11.9. The predicted molar refractivity (Wildman–Crippen MR) is 100 cm³/mol. The largest absolute Gasteiger partial charge is 0.493 e. The van der Waals surface area contributed by atoms with Gasteiger partial charge in [-0.25, -0.2) is 13.6 Å². The fourth-order valence-corrected chi connectivity index (χ4v) is 3.06. The molecule has 3 aromatic rings. The van der Waals surface area contributed by atoms with Crippen LogP contribution < -0.4 is 10.5 Å². The summed E-state index contributed by atoms with van der Waals surface area (Å²) in [4.78, 5) is 11.9. The van der Waals surface area contributed by atoms with E-state index in [0.717, 1.165) is 5.52 Å². The minimum atomic E-state index is -3.76. The lowest BCUT2D eigenvalue weighted by Crippen LogP contribution is -2.13. The number of anilines is 1. The van der Waals surface area contributed by atoms with Gasteiger partial charge in [0.05, 0.1) is 17.0 Å². The maximum Gasteiger partial charge on any atom is 0.283 e. The molecular weight excluding hydrogens is 370 g/mol. The van der Waals surface area contributed by atoms with E-state index in [1.165, 1.54) is 24.3 Å². The average Bonchev–Trinajstić information content (AvgIpc) is 2.89. The van der Waals surface area contributed by atoms with Gasteiger partial charge in [-0.2, -0.15) is 0 Å². The molecule has 0 fully saturated rings. The van der Waals surface area contributed by atoms with Gasteiger partial charge in [-0.05, 0) is 30.3 Å². The summed E-state index contributed by atoms with van der Waals surface area (Å²) < 4.78 is 24.0. The highest BCUT2D eigenvalue weighted by Crippen LogP contribution is 2.37. The van der Waals surface area contributed by atoms with Gasteiger partial charge in [0.25, 0.3) is 5.91 Å². The third-order valence-electron chi connectivity index (χ3n) is 3.94. The Morgan fingerprint density at radius 1 is 1.19 bits per heavy atom. The molecule has 0 aliphatic heterocycles. The van der Waals surface area contributed by atoms with Crippen molar-refractivity contribution in [3.05, 3.63) is 48.5 Å². The van der Waals surface area contributed by atoms with Crippen LogP contribution in [0.5, 0.6) is 5.88 Å². The molecule has 0 saturated carbocycles. The van der Waals surface area contributed by atoms with E-state index in [4.69, 9.17) is 5.14 Å². The molecule has 1 heterocycles. The topological polar surface area (TPSA) is 139 Å². The Hall–Kier alpha value is -3.24. The minimum absolute atomic E-state index is 0.0227. The number of nitrogens with two attached hydrogens (primary N) is 1. The Labute approximate surface area is 155 Å². The van der Waals surface area contributed by atoms with Gasteiger partial charge in [-0.3, -0.25) is 4.79 Å². The van der Waals surface area contributed by atoms with Crippen molar-refractivity contribution < 1.29 is 18.3 Å². The van der Waals surface area contributed by atoms with E-state index in [2.05, 4.69) is 15.5 Å². The SMILES string of the molecule is Cn1c(O)c(N=NC(=O)CNc2ccc(S(N)(=O)=O)cc2)c2ccccc21. The molecule has 0 saturated heterocycles. The highest BCUT2D eigenvalue weighted by atomic mass is 32.2. The van der Waals surface area contributed by atoms with Gasteiger partial charge in [0.15, 0.2) is 5.69 Å². The number of rotatable bonds is 5. The van der Waals surface area contributed by atoms with E-state index >= 15 is 0 Å². The summed E-state index contributed by atoms with van der Waals surface area (Å²) in [5, 5.41) is 26.2. The van der Waals surface area contributed by atoms with Crippen LogP contribution in [-0.4, -0.2) is 30.5 Å². The molecule has 0 unspecified atom stereocenters. The highest BCUT2D eigenvalue weighted by Gasteiger charge is 2.14. The van der Waals surface area contributed by atoms with Gasteiger partial charge in [-0.15, -0.1) is 10.2 Å². The number of benzene rings is 2. The second-order valence-corrected chi connectivity index (χ2v) is 7.33. The number of aromatic hydroxyl groups is 1. The van der Waals surface area contributed by atoms with Gasteiger partial charge in [0.2, 0.25) is 15.9 Å². The summed E-state index contributed by atoms with van der Waals surface area (Å²) in [6, 6.07) is 12.9. The van der Waals surface area contributed by atoms with E-state index < -0.39 is 15.9 Å². The number of aromatic nitrogens is 1. The first kappa shape index (κ1) is 18.5. The van der Waals surface area contributed by atoms with Crippen LogP contribution in [0.2, 0.25) is 0 Å². The number of sulfonamides is 1. The first-order valence-corrected chi connectivity index (χ1v) is 9.39. The number of carbonyl (C=O) groups is 1. The van der Waals surface area contributed by atoms with E-state index in [1.54, 1.807) is 23.7 Å². The molecule has 1 aromatic heterocycles. The fourth-order valence-electron chi connectivity index (χ4n) is 2.54. The van der Waals surface area contributed by atoms with Crippen molar-refractivity contribution in [2.45, 2.75) is 4.90 Å². The molecule has 9 nitrogen and oxygen atoms in total. The van der Waals surface area contributed by atoms with Crippen LogP contribution in [-0.2, 0) is 21.9 Å². The number of aryl methyl sites for hydroxylation is 1. The second kappa shape index (κ2) is 7.17. The molecule has 0 atom stereocenters. The molecular formula is C17H17N5O4S. The van der Waals surface area contributed by atoms with Gasteiger partial charge in [0.1, 0.15) is 0 Å². The van der Waals surface area contributed by atoms with Crippen molar-refractivity contribution in [2.75, 3.05) is 11.9 Å². The van der Waals surface area contributed by atoms with Crippen LogP contribution in [0.1, 0.15) is 0 Å². The van der Waals surface area contributed by atoms with Crippen LogP contribution >= 0.6 is 0 Å². The zero-order valence-corrected chi connectivity index (χ0v) is 15.1. The number of nitrogens with one attached hydrogen (secondary N) is 1. The van der Waals surface area contributed by atoms with E-state index in [9.17, 15) is 18.3 Å². The summed E-state index contributed by atoms with van der Waals surface area (Å²) in [7, 11) is -2.08. The first-order valence-electron chi connectivity index (χ1n) is 7.85. The van der Waals surface area contributed by atoms with Crippen molar-refractivity contribution in [3.8, 4) is 5.88 Å². The van der Waals surface area contributed by atoms with E-state index in [1.807, 2.05) is 12.1 Å². The molecule has 3 rings (SSSR count). The number of hydrogen-bond acceptors (Lipinski definition) is 6. The Balaban J connectivity index is 1.69. The quantitative estimate of drug-likeness (QED) is 0.576. The van der Waals surface area contributed by atoms with Gasteiger partial charge in [0, 0.05) is 18.1 Å². The van der Waals surface area contributed by atoms with Crippen molar-refractivity contribution in [1.82, 2.24) is 4.57 Å². The lowest BCUT2D eigenvalue weighted by Gasteiger charge is -2.04. The van der Waals surface area contributed by atoms with E-state index in [0.29, 0.717) is 11.1 Å². The van der Waals surface area contributed by atoms with Gasteiger partial charge < -0.3 is 15.0 Å². The van der Waals surface area contributed by atoms with Crippen LogP contribution in [0.4, 0.5) is 11.4 Å². The zero-order valence-electron chi connectivity index (χ0n) is 14.3. The smallest absolute Gasteiger partial charge is 0.283 e. The Bertz CT molecular complexity index is 1130. The number of azo groups is 1. The summed E-state index contributed by atoms with van der Waals surface area (Å²) >= 11 is 0. The first-order chi connectivity index (χ1) is 12.8. The molecule has 1 amide bonds. The zero-order chi connectivity index (χ0) is 19.6. The molecule has 0 bridgehead atoms. The van der Waals surface area contributed by atoms with Crippen LogP contribution in [0.25, 0.3) is 10.9 Å². The van der Waals surface area contributed by atoms with Crippen molar-refractivity contribution in [2.24, 2.45) is 22.4 Å². The molecule has 140 valence electrons. The third kappa shape index (κ3) is 3.96. The summed E-state index contributed by atoms with van der Waals surface area (Å²) in [5.74, 6) is -0.642. The van der Waals surface area contributed by atoms with Crippen molar-refractivity contribution >= 4 is 38.2 Å². The monoisotopic (exact) mass is 387 g/mol. The number of para-hydroxylation sites is 1. The summed E-state index contributed by atoms with van der Waals surface area (Å²) in [6.07, 6.45) is 0. The Kier molecular flexibility index (Phi) is 4.93. The molecule has 4 N–H and O–H groups in total. The van der Waals surface area contributed by atoms with Crippen molar-refractivity contribution in [1.29, 1.82) is 0 Å². The number of primary sulfonamides is 1. The lowest BCUT2D eigenvalue weighted by molar-refractivity contribution is -0.116. The van der Waals surface area contributed by atoms with Crippen LogP contribution in [0, 0.1) is 0 Å². The van der Waals surface area contributed by atoms with Crippen LogP contribution in [0.3, 0.4) is 0 Å². The van der Waals surface area contributed by atoms with Gasteiger partial charge >= 0.3 is 0 Å². The molecule has 0 aliphatic rings.